The normalized spacial score (nSPS) is 20.3. The topological polar surface area (TPSA) is 59.0 Å². The van der Waals surface area contributed by atoms with E-state index < -0.39 is 11.9 Å². The summed E-state index contributed by atoms with van der Waals surface area (Å²) in [5.41, 5.74) is 0. The average Bonchev–Trinajstić information content (AvgIpc) is 2.18. The zero-order chi connectivity index (χ0) is 9.90. The maximum Gasteiger partial charge on any atom is 0.411 e. The molecule has 0 bridgehead atoms. The molecule has 0 aromatic rings. The molecule has 1 heterocycles. The highest BCUT2D eigenvalue weighted by Crippen LogP contribution is 2.23. The monoisotopic (exact) mass is 187 g/mol. The molecule has 1 aliphatic heterocycles. The first-order chi connectivity index (χ1) is 6.13. The Kier molecular flexibility index (Phi) is 2.90. The van der Waals surface area contributed by atoms with E-state index >= 15 is 0 Å². The maximum absolute atomic E-state index is 10.5. The molecule has 5 heteroatoms. The minimum absolute atomic E-state index is 0.382. The lowest BCUT2D eigenvalue weighted by molar-refractivity contribution is -0.179. The van der Waals surface area contributed by atoms with Crippen LogP contribution in [0, 0.1) is 0 Å². The maximum atomic E-state index is 10.5. The van der Waals surface area contributed by atoms with Gasteiger partial charge in [-0.2, -0.15) is 0 Å². The number of ether oxygens (including phenoxy) is 2. The van der Waals surface area contributed by atoms with E-state index in [1.165, 1.54) is 25.3 Å². The van der Waals surface area contributed by atoms with Crippen LogP contribution in [-0.4, -0.2) is 42.7 Å². The summed E-state index contributed by atoms with van der Waals surface area (Å²) in [5, 5.41) is 8.65. The SMILES string of the molecule is COC1(OC)C=CN(C(=O)O)CC1. The summed E-state index contributed by atoms with van der Waals surface area (Å²) >= 11 is 0. The van der Waals surface area contributed by atoms with Crippen molar-refractivity contribution in [2.24, 2.45) is 0 Å². The van der Waals surface area contributed by atoms with Crippen molar-refractivity contribution >= 4 is 6.09 Å². The zero-order valence-corrected chi connectivity index (χ0v) is 7.69. The Morgan fingerprint density at radius 2 is 2.15 bits per heavy atom. The van der Waals surface area contributed by atoms with E-state index in [9.17, 15) is 4.79 Å². The van der Waals surface area contributed by atoms with Gasteiger partial charge in [0.15, 0.2) is 5.79 Å². The summed E-state index contributed by atoms with van der Waals surface area (Å²) in [5.74, 6) is -0.758. The van der Waals surface area contributed by atoms with Gasteiger partial charge in [-0.15, -0.1) is 0 Å². The van der Waals surface area contributed by atoms with Gasteiger partial charge in [-0.25, -0.2) is 4.79 Å². The second kappa shape index (κ2) is 3.76. The number of amides is 1. The van der Waals surface area contributed by atoms with Crippen LogP contribution in [0.3, 0.4) is 0 Å². The third-order valence-corrected chi connectivity index (χ3v) is 2.15. The van der Waals surface area contributed by atoms with Crippen LogP contribution in [0.25, 0.3) is 0 Å². The molecule has 0 saturated carbocycles. The molecule has 74 valence electrons. The van der Waals surface area contributed by atoms with E-state index in [2.05, 4.69) is 0 Å². The fourth-order valence-corrected chi connectivity index (χ4v) is 1.22. The summed E-state index contributed by atoms with van der Waals surface area (Å²) in [7, 11) is 3.06. The Morgan fingerprint density at radius 3 is 2.46 bits per heavy atom. The average molecular weight is 187 g/mol. The molecule has 13 heavy (non-hydrogen) atoms. The van der Waals surface area contributed by atoms with Crippen LogP contribution in [0.1, 0.15) is 6.42 Å². The highest BCUT2D eigenvalue weighted by molar-refractivity contribution is 5.66. The van der Waals surface area contributed by atoms with Gasteiger partial charge in [-0.3, -0.25) is 4.90 Å². The second-order valence-corrected chi connectivity index (χ2v) is 2.76. The molecule has 0 fully saturated rings. The molecule has 0 spiro atoms. The number of rotatable bonds is 2. The lowest BCUT2D eigenvalue weighted by Crippen LogP contribution is -2.41. The molecule has 1 N–H and O–H groups in total. The molecule has 1 rings (SSSR count). The first-order valence-corrected chi connectivity index (χ1v) is 3.93. The van der Waals surface area contributed by atoms with Gasteiger partial charge in [-0.1, -0.05) is 0 Å². The lowest BCUT2D eigenvalue weighted by Gasteiger charge is -2.33. The van der Waals surface area contributed by atoms with Crippen LogP contribution in [0.2, 0.25) is 0 Å². The molecule has 5 nitrogen and oxygen atoms in total. The van der Waals surface area contributed by atoms with Gasteiger partial charge in [0, 0.05) is 33.4 Å². The quantitative estimate of drug-likeness (QED) is 0.652. The summed E-state index contributed by atoms with van der Waals surface area (Å²) in [6.45, 7) is 0.382. The third-order valence-electron chi connectivity index (χ3n) is 2.15. The fraction of sp³-hybridized carbons (Fsp3) is 0.625. The molecule has 1 amide bonds. The summed E-state index contributed by atoms with van der Waals surface area (Å²) in [6, 6.07) is 0. The second-order valence-electron chi connectivity index (χ2n) is 2.76. The molecule has 0 aromatic heterocycles. The van der Waals surface area contributed by atoms with Crippen molar-refractivity contribution in [2.75, 3.05) is 20.8 Å². The molecule has 1 aliphatic rings. The number of methoxy groups -OCH3 is 2. The van der Waals surface area contributed by atoms with E-state index in [4.69, 9.17) is 14.6 Å². The molecule has 0 aliphatic carbocycles. The van der Waals surface area contributed by atoms with Crippen LogP contribution in [0.4, 0.5) is 4.79 Å². The van der Waals surface area contributed by atoms with Gasteiger partial charge in [0.05, 0.1) is 0 Å². The standard InChI is InChI=1S/C8H13NO4/c1-12-8(13-2)3-5-9(6-4-8)7(10)11/h3,5H,4,6H2,1-2H3,(H,10,11). The molecule has 0 radical (unpaired) electrons. The highest BCUT2D eigenvalue weighted by Gasteiger charge is 2.31. The Balaban J connectivity index is 2.69. The largest absolute Gasteiger partial charge is 0.465 e. The zero-order valence-electron chi connectivity index (χ0n) is 7.69. The Hall–Kier alpha value is -1.07. The third kappa shape index (κ3) is 1.99. The van der Waals surface area contributed by atoms with Gasteiger partial charge < -0.3 is 14.6 Å². The molecular weight excluding hydrogens is 174 g/mol. The highest BCUT2D eigenvalue weighted by atomic mass is 16.7. The number of hydrogen-bond acceptors (Lipinski definition) is 3. The van der Waals surface area contributed by atoms with E-state index in [-0.39, 0.29) is 0 Å². The Bertz CT molecular complexity index is 222. The molecule has 0 saturated heterocycles. The van der Waals surface area contributed by atoms with Crippen LogP contribution in [0.15, 0.2) is 12.3 Å². The van der Waals surface area contributed by atoms with Gasteiger partial charge in [-0.05, 0) is 6.08 Å². The number of carbonyl (C=O) groups is 1. The Labute approximate surface area is 76.5 Å². The first-order valence-electron chi connectivity index (χ1n) is 3.93. The number of carboxylic acid groups (broad SMARTS) is 1. The van der Waals surface area contributed by atoms with E-state index in [1.807, 2.05) is 0 Å². The number of hydrogen-bond donors (Lipinski definition) is 1. The predicted octanol–water partition coefficient (Wildman–Crippen LogP) is 0.873. The van der Waals surface area contributed by atoms with Crippen molar-refractivity contribution < 1.29 is 19.4 Å². The Morgan fingerprint density at radius 1 is 1.54 bits per heavy atom. The van der Waals surface area contributed by atoms with Crippen molar-refractivity contribution in [2.45, 2.75) is 12.2 Å². The van der Waals surface area contributed by atoms with Crippen molar-refractivity contribution in [3.63, 3.8) is 0 Å². The van der Waals surface area contributed by atoms with Crippen molar-refractivity contribution in [3.05, 3.63) is 12.3 Å². The predicted molar refractivity (Wildman–Crippen MR) is 45.2 cm³/mol. The fourth-order valence-electron chi connectivity index (χ4n) is 1.22. The lowest BCUT2D eigenvalue weighted by atomic mass is 10.1. The minimum atomic E-state index is -0.961. The van der Waals surface area contributed by atoms with Gasteiger partial charge >= 0.3 is 6.09 Å². The summed E-state index contributed by atoms with van der Waals surface area (Å²) in [4.78, 5) is 11.7. The molecule has 0 unspecified atom stereocenters. The van der Waals surface area contributed by atoms with Crippen LogP contribution in [0.5, 0.6) is 0 Å². The van der Waals surface area contributed by atoms with E-state index in [1.54, 1.807) is 6.08 Å². The van der Waals surface area contributed by atoms with Gasteiger partial charge in [0.25, 0.3) is 0 Å². The van der Waals surface area contributed by atoms with Crippen LogP contribution in [-0.2, 0) is 9.47 Å². The van der Waals surface area contributed by atoms with Crippen LogP contribution >= 0.6 is 0 Å². The van der Waals surface area contributed by atoms with Gasteiger partial charge in [0.2, 0.25) is 0 Å². The van der Waals surface area contributed by atoms with E-state index in [0.29, 0.717) is 13.0 Å². The van der Waals surface area contributed by atoms with E-state index in [0.717, 1.165) is 0 Å². The van der Waals surface area contributed by atoms with Gasteiger partial charge in [0.1, 0.15) is 0 Å². The van der Waals surface area contributed by atoms with Crippen LogP contribution < -0.4 is 0 Å². The molecule has 0 atom stereocenters. The summed E-state index contributed by atoms with van der Waals surface area (Å²) < 4.78 is 10.3. The minimum Gasteiger partial charge on any atom is -0.465 e. The van der Waals surface area contributed by atoms with Crippen molar-refractivity contribution in [1.29, 1.82) is 0 Å². The first kappa shape index (κ1) is 10.0. The van der Waals surface area contributed by atoms with Crippen molar-refractivity contribution in [3.8, 4) is 0 Å². The summed E-state index contributed by atoms with van der Waals surface area (Å²) in [6.07, 6.45) is 2.60. The smallest absolute Gasteiger partial charge is 0.411 e. The molecular formula is C8H13NO4. The van der Waals surface area contributed by atoms with Crippen molar-refractivity contribution in [1.82, 2.24) is 4.90 Å². The number of nitrogens with zero attached hydrogens (tertiary/aromatic N) is 1. The molecule has 0 aromatic carbocycles.